The van der Waals surface area contributed by atoms with Crippen LogP contribution in [-0.2, 0) is 0 Å². The van der Waals surface area contributed by atoms with Gasteiger partial charge in [-0.25, -0.2) is 0 Å². The molecule has 0 aromatic carbocycles. The number of Topliss-reactive ketones (excluding diaryl/α,β-unsaturated/α-hetero) is 1. The van der Waals surface area contributed by atoms with E-state index in [0.29, 0.717) is 19.0 Å². The molecule has 0 spiro atoms. The predicted octanol–water partition coefficient (Wildman–Crippen LogP) is 2.79. The zero-order chi connectivity index (χ0) is 12.8. The number of halogens is 1. The van der Waals surface area contributed by atoms with Crippen molar-refractivity contribution in [3.8, 4) is 0 Å². The standard InChI is InChI=1S/C12H18BrNO2S/c1-9(2)14(5-3-6-15)8-11(16)12-10(13)4-7-17-12/h4,7,9,15H,3,5-6,8H2,1-2H3. The minimum absolute atomic E-state index is 0.138. The molecule has 96 valence electrons. The van der Waals surface area contributed by atoms with Crippen LogP contribution in [-0.4, -0.2) is 41.5 Å². The van der Waals surface area contributed by atoms with Gasteiger partial charge in [-0.05, 0) is 47.6 Å². The van der Waals surface area contributed by atoms with Crippen LogP contribution in [0.2, 0.25) is 0 Å². The summed E-state index contributed by atoms with van der Waals surface area (Å²) < 4.78 is 0.873. The van der Waals surface area contributed by atoms with Crippen molar-refractivity contribution in [2.45, 2.75) is 26.3 Å². The van der Waals surface area contributed by atoms with Crippen LogP contribution < -0.4 is 0 Å². The molecule has 0 saturated carbocycles. The zero-order valence-electron chi connectivity index (χ0n) is 10.1. The topological polar surface area (TPSA) is 40.5 Å². The lowest BCUT2D eigenvalue weighted by molar-refractivity contribution is 0.0900. The molecule has 1 N–H and O–H groups in total. The van der Waals surface area contributed by atoms with E-state index in [1.54, 1.807) is 0 Å². The third-order valence-electron chi connectivity index (χ3n) is 2.55. The van der Waals surface area contributed by atoms with Gasteiger partial charge < -0.3 is 5.11 Å². The van der Waals surface area contributed by atoms with E-state index >= 15 is 0 Å². The summed E-state index contributed by atoms with van der Waals surface area (Å²) in [6, 6.07) is 2.20. The smallest absolute Gasteiger partial charge is 0.187 e. The monoisotopic (exact) mass is 319 g/mol. The summed E-state index contributed by atoms with van der Waals surface area (Å²) in [5.74, 6) is 0.138. The molecule has 0 unspecified atom stereocenters. The van der Waals surface area contributed by atoms with Gasteiger partial charge in [0.25, 0.3) is 0 Å². The molecular formula is C12H18BrNO2S. The summed E-state index contributed by atoms with van der Waals surface area (Å²) in [4.78, 5) is 14.9. The summed E-state index contributed by atoms with van der Waals surface area (Å²) >= 11 is 4.84. The maximum absolute atomic E-state index is 12.1. The van der Waals surface area contributed by atoms with Crippen molar-refractivity contribution in [2.24, 2.45) is 0 Å². The number of hydrogen-bond acceptors (Lipinski definition) is 4. The minimum atomic E-state index is 0.138. The fourth-order valence-electron chi connectivity index (χ4n) is 1.54. The van der Waals surface area contributed by atoms with E-state index in [9.17, 15) is 4.79 Å². The second-order valence-electron chi connectivity index (χ2n) is 4.16. The van der Waals surface area contributed by atoms with Gasteiger partial charge in [-0.15, -0.1) is 11.3 Å². The first kappa shape index (κ1) is 14.8. The molecular weight excluding hydrogens is 302 g/mol. The Morgan fingerprint density at radius 1 is 1.59 bits per heavy atom. The second kappa shape index (κ2) is 7.26. The van der Waals surface area contributed by atoms with Crippen molar-refractivity contribution in [2.75, 3.05) is 19.7 Å². The van der Waals surface area contributed by atoms with Gasteiger partial charge in [0, 0.05) is 23.7 Å². The SMILES string of the molecule is CC(C)N(CCCO)CC(=O)c1sccc1Br. The number of aliphatic hydroxyl groups is 1. The molecule has 0 aliphatic carbocycles. The van der Waals surface area contributed by atoms with Crippen LogP contribution in [0.3, 0.4) is 0 Å². The molecule has 0 bridgehead atoms. The van der Waals surface area contributed by atoms with Gasteiger partial charge in [0.2, 0.25) is 0 Å². The molecule has 0 aliphatic rings. The molecule has 0 aliphatic heterocycles. The molecule has 0 atom stereocenters. The van der Waals surface area contributed by atoms with Crippen LogP contribution in [0.4, 0.5) is 0 Å². The Labute approximate surface area is 115 Å². The van der Waals surface area contributed by atoms with Crippen molar-refractivity contribution in [3.05, 3.63) is 20.8 Å². The number of rotatable bonds is 7. The summed E-state index contributed by atoms with van der Waals surface area (Å²) in [7, 11) is 0. The molecule has 17 heavy (non-hydrogen) atoms. The second-order valence-corrected chi connectivity index (χ2v) is 5.93. The van der Waals surface area contributed by atoms with E-state index in [1.807, 2.05) is 11.4 Å². The Morgan fingerprint density at radius 3 is 2.76 bits per heavy atom. The largest absolute Gasteiger partial charge is 0.396 e. The first-order chi connectivity index (χ1) is 8.06. The lowest BCUT2D eigenvalue weighted by atomic mass is 10.2. The van der Waals surface area contributed by atoms with Crippen molar-refractivity contribution in [1.82, 2.24) is 4.90 Å². The fourth-order valence-corrected chi connectivity index (χ4v) is 3.07. The van der Waals surface area contributed by atoms with Gasteiger partial charge in [0.05, 0.1) is 11.4 Å². The summed E-state index contributed by atoms with van der Waals surface area (Å²) in [5.41, 5.74) is 0. The number of carbonyl (C=O) groups excluding carboxylic acids is 1. The lowest BCUT2D eigenvalue weighted by Gasteiger charge is -2.25. The number of aliphatic hydroxyl groups excluding tert-OH is 1. The van der Waals surface area contributed by atoms with Gasteiger partial charge >= 0.3 is 0 Å². The number of hydrogen-bond donors (Lipinski definition) is 1. The Bertz CT molecular complexity index is 365. The Balaban J connectivity index is 2.61. The van der Waals surface area contributed by atoms with E-state index in [0.717, 1.165) is 15.9 Å². The number of carbonyl (C=O) groups is 1. The van der Waals surface area contributed by atoms with E-state index in [2.05, 4.69) is 34.7 Å². The van der Waals surface area contributed by atoms with Crippen LogP contribution in [0.1, 0.15) is 29.9 Å². The van der Waals surface area contributed by atoms with Crippen LogP contribution >= 0.6 is 27.3 Å². The molecule has 3 nitrogen and oxygen atoms in total. The fraction of sp³-hybridized carbons (Fsp3) is 0.583. The quantitative estimate of drug-likeness (QED) is 0.786. The van der Waals surface area contributed by atoms with E-state index in [-0.39, 0.29) is 12.4 Å². The van der Waals surface area contributed by atoms with Gasteiger partial charge in [-0.3, -0.25) is 9.69 Å². The third kappa shape index (κ3) is 4.50. The minimum Gasteiger partial charge on any atom is -0.396 e. The highest BCUT2D eigenvalue weighted by molar-refractivity contribution is 9.10. The Morgan fingerprint density at radius 2 is 2.29 bits per heavy atom. The first-order valence-corrected chi connectivity index (χ1v) is 7.34. The van der Waals surface area contributed by atoms with Gasteiger partial charge in [-0.1, -0.05) is 0 Å². The van der Waals surface area contributed by atoms with Gasteiger partial charge in [-0.2, -0.15) is 0 Å². The van der Waals surface area contributed by atoms with Crippen molar-refractivity contribution < 1.29 is 9.90 Å². The van der Waals surface area contributed by atoms with Crippen molar-refractivity contribution >= 4 is 33.0 Å². The maximum Gasteiger partial charge on any atom is 0.187 e. The average molecular weight is 320 g/mol. The maximum atomic E-state index is 12.1. The predicted molar refractivity (Wildman–Crippen MR) is 74.8 cm³/mol. The zero-order valence-corrected chi connectivity index (χ0v) is 12.6. The average Bonchev–Trinajstić information content (AvgIpc) is 2.70. The van der Waals surface area contributed by atoms with Crippen LogP contribution in [0.25, 0.3) is 0 Å². The molecule has 1 aromatic heterocycles. The number of thiophene rings is 1. The van der Waals surface area contributed by atoms with Crippen LogP contribution in [0, 0.1) is 0 Å². The van der Waals surface area contributed by atoms with Crippen molar-refractivity contribution in [1.29, 1.82) is 0 Å². The highest BCUT2D eigenvalue weighted by Crippen LogP contribution is 2.23. The molecule has 1 heterocycles. The van der Waals surface area contributed by atoms with Crippen molar-refractivity contribution in [3.63, 3.8) is 0 Å². The van der Waals surface area contributed by atoms with Crippen LogP contribution in [0.5, 0.6) is 0 Å². The molecule has 0 amide bonds. The summed E-state index contributed by atoms with van der Waals surface area (Å²) in [6.45, 7) is 5.46. The highest BCUT2D eigenvalue weighted by atomic mass is 79.9. The summed E-state index contributed by atoms with van der Waals surface area (Å²) in [6.07, 6.45) is 0.705. The van der Waals surface area contributed by atoms with Crippen LogP contribution in [0.15, 0.2) is 15.9 Å². The van der Waals surface area contributed by atoms with Gasteiger partial charge in [0.15, 0.2) is 5.78 Å². The molecule has 1 aromatic rings. The van der Waals surface area contributed by atoms with E-state index in [4.69, 9.17) is 5.11 Å². The Hall–Kier alpha value is -0.230. The highest BCUT2D eigenvalue weighted by Gasteiger charge is 2.17. The third-order valence-corrected chi connectivity index (χ3v) is 4.43. The number of ketones is 1. The number of nitrogens with zero attached hydrogens (tertiary/aromatic N) is 1. The first-order valence-electron chi connectivity index (χ1n) is 5.67. The molecule has 5 heteroatoms. The normalized spacial score (nSPS) is 11.4. The van der Waals surface area contributed by atoms with Gasteiger partial charge in [0.1, 0.15) is 0 Å². The molecule has 0 radical (unpaired) electrons. The molecule has 0 saturated heterocycles. The molecule has 0 fully saturated rings. The van der Waals surface area contributed by atoms with E-state index in [1.165, 1.54) is 11.3 Å². The van der Waals surface area contributed by atoms with E-state index < -0.39 is 0 Å². The molecule has 1 rings (SSSR count). The Kier molecular flexibility index (Phi) is 6.33. The lowest BCUT2D eigenvalue weighted by Crippen LogP contribution is -2.36. The summed E-state index contributed by atoms with van der Waals surface area (Å²) in [5, 5.41) is 10.7.